The van der Waals surface area contributed by atoms with Crippen LogP contribution in [0.15, 0.2) is 12.2 Å². The molecule has 0 aliphatic heterocycles. The zero-order chi connectivity index (χ0) is 32.0. The molecule has 7 unspecified atom stereocenters. The molecule has 238 valence electrons. The Kier molecular flexibility index (Phi) is 10.0. The number of esters is 2. The lowest BCUT2D eigenvalue weighted by Crippen LogP contribution is -2.57. The van der Waals surface area contributed by atoms with Crippen molar-refractivity contribution in [3.05, 3.63) is 12.2 Å². The van der Waals surface area contributed by atoms with Gasteiger partial charge in [-0.25, -0.2) is 9.59 Å². The Morgan fingerprint density at radius 2 is 1.24 bits per heavy atom. The zero-order valence-corrected chi connectivity index (χ0v) is 24.2. The predicted octanol–water partition coefficient (Wildman–Crippen LogP) is 4.51. The fraction of sp³-hybridized carbons (Fsp3) is 0.852. The summed E-state index contributed by atoms with van der Waals surface area (Å²) in [7, 11) is 0. The van der Waals surface area contributed by atoms with Crippen LogP contribution in [0, 0.1) is 23.7 Å². The van der Waals surface area contributed by atoms with Crippen molar-refractivity contribution in [1.82, 2.24) is 0 Å². The van der Waals surface area contributed by atoms with Crippen molar-refractivity contribution < 1.29 is 65.1 Å². The number of ether oxygens (including phenoxy) is 4. The van der Waals surface area contributed by atoms with Gasteiger partial charge in [-0.05, 0) is 79.1 Å². The molecule has 2 aliphatic rings. The summed E-state index contributed by atoms with van der Waals surface area (Å²) in [6, 6.07) is 0. The van der Waals surface area contributed by atoms with Crippen LogP contribution in [0.4, 0.5) is 26.3 Å². The van der Waals surface area contributed by atoms with Crippen LogP contribution in [0.5, 0.6) is 0 Å². The van der Waals surface area contributed by atoms with E-state index in [2.05, 4.69) is 6.58 Å². The van der Waals surface area contributed by atoms with Gasteiger partial charge in [0.15, 0.2) is 17.8 Å². The Morgan fingerprint density at radius 3 is 1.66 bits per heavy atom. The molecule has 14 heteroatoms. The van der Waals surface area contributed by atoms with Crippen molar-refractivity contribution in [3.8, 4) is 0 Å². The highest BCUT2D eigenvalue weighted by Crippen LogP contribution is 2.61. The number of rotatable bonds is 12. The van der Waals surface area contributed by atoms with Crippen LogP contribution in [-0.4, -0.2) is 82.8 Å². The topological polar surface area (TPSA) is 112 Å². The van der Waals surface area contributed by atoms with Crippen LogP contribution in [0.1, 0.15) is 61.3 Å². The van der Waals surface area contributed by atoms with Gasteiger partial charge in [0.05, 0.1) is 24.4 Å². The van der Waals surface area contributed by atoms with Gasteiger partial charge in [0.25, 0.3) is 0 Å². The summed E-state index contributed by atoms with van der Waals surface area (Å²) in [5.41, 5.74) is -9.02. The van der Waals surface area contributed by atoms with Crippen LogP contribution >= 0.6 is 0 Å². The van der Waals surface area contributed by atoms with Gasteiger partial charge >= 0.3 is 24.3 Å². The third-order valence-corrected chi connectivity index (χ3v) is 8.17. The third kappa shape index (κ3) is 7.94. The average molecular weight is 607 g/mol. The van der Waals surface area contributed by atoms with Gasteiger partial charge in [-0.1, -0.05) is 6.58 Å². The minimum atomic E-state index is -5.00. The molecular formula is C27H40F6O8. The van der Waals surface area contributed by atoms with E-state index in [1.165, 1.54) is 34.6 Å². The Balaban J connectivity index is 2.33. The maximum absolute atomic E-state index is 13.3. The Labute approximate surface area is 235 Å². The van der Waals surface area contributed by atoms with Gasteiger partial charge in [0.2, 0.25) is 0 Å². The maximum Gasteiger partial charge on any atom is 0.419 e. The first kappa shape index (κ1) is 35.3. The normalized spacial score (nSPS) is 28.1. The van der Waals surface area contributed by atoms with Crippen molar-refractivity contribution in [3.63, 3.8) is 0 Å². The number of halogens is 6. The smallest absolute Gasteiger partial charge is 0.419 e. The molecule has 41 heavy (non-hydrogen) atoms. The van der Waals surface area contributed by atoms with E-state index < -0.39 is 90.4 Å². The second-order valence-electron chi connectivity index (χ2n) is 12.7. The molecular weight excluding hydrogens is 566 g/mol. The molecule has 8 nitrogen and oxygen atoms in total. The fourth-order valence-corrected chi connectivity index (χ4v) is 5.84. The van der Waals surface area contributed by atoms with Gasteiger partial charge in [-0.2, -0.15) is 26.3 Å². The Hall–Kier alpha value is -1.90. The number of carbonyl (C=O) groups excluding carboxylic acids is 2. The lowest BCUT2D eigenvalue weighted by atomic mass is 9.64. The minimum Gasteiger partial charge on any atom is -0.460 e. The molecule has 0 spiro atoms. The summed E-state index contributed by atoms with van der Waals surface area (Å²) in [5, 5.41) is 19.9. The molecule has 0 heterocycles. The maximum atomic E-state index is 13.3. The highest BCUT2D eigenvalue weighted by Gasteiger charge is 2.64. The van der Waals surface area contributed by atoms with Gasteiger partial charge in [0.1, 0.15) is 6.10 Å². The van der Waals surface area contributed by atoms with E-state index in [1.54, 1.807) is 0 Å². The summed E-state index contributed by atoms with van der Waals surface area (Å²) < 4.78 is 102. The molecule has 0 aromatic carbocycles. The van der Waals surface area contributed by atoms with E-state index in [0.717, 1.165) is 0 Å². The van der Waals surface area contributed by atoms with E-state index in [4.69, 9.17) is 18.9 Å². The molecule has 0 amide bonds. The van der Waals surface area contributed by atoms with Crippen molar-refractivity contribution in [1.29, 1.82) is 0 Å². The Morgan fingerprint density at radius 1 is 0.805 bits per heavy atom. The lowest BCUT2D eigenvalue weighted by Gasteiger charge is -2.50. The fourth-order valence-electron chi connectivity index (χ4n) is 5.84. The molecule has 2 aliphatic carbocycles. The number of alkyl halides is 6. The lowest BCUT2D eigenvalue weighted by molar-refractivity contribution is -0.288. The Bertz CT molecular complexity index is 985. The SMILES string of the molecule is C=C(C)C(=O)OCC(=O)OC1CC2CC1C(C(C)(C)OCC(C)(O)C(F)(F)F)C2C(C)(C)OCC(C)(O)C(F)(F)F. The summed E-state index contributed by atoms with van der Waals surface area (Å²) in [6.07, 6.45) is -10.1. The van der Waals surface area contributed by atoms with Gasteiger partial charge in [-0.15, -0.1) is 0 Å². The molecule has 2 saturated carbocycles. The summed E-state index contributed by atoms with van der Waals surface area (Å²) in [6.45, 7) is 9.06. The van der Waals surface area contributed by atoms with Crippen LogP contribution in [0.25, 0.3) is 0 Å². The van der Waals surface area contributed by atoms with Gasteiger partial charge < -0.3 is 29.2 Å². The second-order valence-corrected chi connectivity index (χ2v) is 12.7. The second kappa shape index (κ2) is 11.6. The third-order valence-electron chi connectivity index (χ3n) is 8.17. The van der Waals surface area contributed by atoms with Crippen LogP contribution < -0.4 is 0 Å². The quantitative estimate of drug-likeness (QED) is 0.190. The van der Waals surface area contributed by atoms with Crippen LogP contribution in [-0.2, 0) is 28.5 Å². The van der Waals surface area contributed by atoms with Crippen molar-refractivity contribution in [2.75, 3.05) is 19.8 Å². The van der Waals surface area contributed by atoms with Crippen LogP contribution in [0.2, 0.25) is 0 Å². The molecule has 0 aromatic heterocycles. The predicted molar refractivity (Wildman–Crippen MR) is 132 cm³/mol. The molecule has 0 aromatic rings. The van der Waals surface area contributed by atoms with Crippen molar-refractivity contribution in [2.45, 2.75) is 102 Å². The molecule has 2 N–H and O–H groups in total. The van der Waals surface area contributed by atoms with Crippen LogP contribution in [0.3, 0.4) is 0 Å². The van der Waals surface area contributed by atoms with E-state index in [0.29, 0.717) is 20.3 Å². The number of hydrogen-bond donors (Lipinski definition) is 2. The van der Waals surface area contributed by atoms with E-state index >= 15 is 0 Å². The molecule has 0 radical (unpaired) electrons. The van der Waals surface area contributed by atoms with Gasteiger partial charge in [-0.3, -0.25) is 0 Å². The minimum absolute atomic E-state index is 0.0704. The van der Waals surface area contributed by atoms with E-state index in [-0.39, 0.29) is 17.9 Å². The summed E-state index contributed by atoms with van der Waals surface area (Å²) >= 11 is 0. The monoisotopic (exact) mass is 606 g/mol. The van der Waals surface area contributed by atoms with Crippen molar-refractivity contribution >= 4 is 11.9 Å². The molecule has 7 atom stereocenters. The standard InChI is InChI=1S/C27H40F6O8/c1-14(2)21(35)38-11-18(34)41-17-10-15-9-16(17)20(23(5,6)40-13-25(8,37)27(31,32)33)19(15)22(3,4)39-12-24(7,36)26(28,29)30/h15-17,19-20,36-37H,1,9-13H2,2-8H3. The average Bonchev–Trinajstić information content (AvgIpc) is 3.37. The summed E-state index contributed by atoms with van der Waals surface area (Å²) in [5.74, 6) is -3.79. The number of carbonyl (C=O) groups is 2. The molecule has 2 bridgehead atoms. The van der Waals surface area contributed by atoms with Crippen molar-refractivity contribution in [2.24, 2.45) is 23.7 Å². The first-order chi connectivity index (χ1) is 18.2. The van der Waals surface area contributed by atoms with E-state index in [9.17, 15) is 46.1 Å². The molecule has 2 fully saturated rings. The highest BCUT2D eigenvalue weighted by atomic mass is 19.4. The molecule has 0 saturated heterocycles. The first-order valence-corrected chi connectivity index (χ1v) is 13.1. The highest BCUT2D eigenvalue weighted by molar-refractivity contribution is 5.88. The number of hydrogen-bond acceptors (Lipinski definition) is 8. The largest absolute Gasteiger partial charge is 0.460 e. The number of aliphatic hydroxyl groups is 2. The summed E-state index contributed by atoms with van der Waals surface area (Å²) in [4.78, 5) is 24.1. The van der Waals surface area contributed by atoms with E-state index in [1.807, 2.05) is 0 Å². The molecule has 2 rings (SSSR count). The number of fused-ring (bicyclic) bond motifs is 2. The zero-order valence-electron chi connectivity index (χ0n) is 24.2. The first-order valence-electron chi connectivity index (χ1n) is 13.1. The van der Waals surface area contributed by atoms with Gasteiger partial charge in [0, 0.05) is 11.5 Å².